The second-order valence-corrected chi connectivity index (χ2v) is 5.34. The minimum absolute atomic E-state index is 0.238. The molecule has 1 aliphatic rings. The van der Waals surface area contributed by atoms with Crippen molar-refractivity contribution >= 4 is 11.9 Å². The molecule has 0 spiro atoms. The number of likely N-dealkylation sites (N-methyl/N-ethyl adjacent to an activating group) is 1. The van der Waals surface area contributed by atoms with E-state index in [-0.39, 0.29) is 11.9 Å². The number of amides is 3. The van der Waals surface area contributed by atoms with Crippen LogP contribution >= 0.6 is 0 Å². The number of aryl methyl sites for hydroxylation is 1. The fraction of sp³-hybridized carbons (Fsp3) is 0.571. The molecule has 6 heteroatoms. The molecular formula is C14H21N3O3. The summed E-state index contributed by atoms with van der Waals surface area (Å²) < 4.78 is 5.47. The highest BCUT2D eigenvalue weighted by atomic mass is 16.3. The van der Waals surface area contributed by atoms with Gasteiger partial charge in [0.2, 0.25) is 5.91 Å². The maximum atomic E-state index is 11.9. The van der Waals surface area contributed by atoms with Gasteiger partial charge in [0, 0.05) is 6.04 Å². The van der Waals surface area contributed by atoms with Crippen molar-refractivity contribution in [2.45, 2.75) is 45.3 Å². The molecule has 1 saturated carbocycles. The molecule has 3 amide bonds. The largest absolute Gasteiger partial charge is 0.465 e. The Morgan fingerprint density at radius 1 is 1.45 bits per heavy atom. The van der Waals surface area contributed by atoms with E-state index < -0.39 is 12.1 Å². The third-order valence-electron chi connectivity index (χ3n) is 3.39. The number of furan rings is 1. The Kier molecular flexibility index (Phi) is 4.44. The summed E-state index contributed by atoms with van der Waals surface area (Å²) in [7, 11) is 1.82. The first-order valence-electron chi connectivity index (χ1n) is 6.82. The van der Waals surface area contributed by atoms with Gasteiger partial charge in [-0.2, -0.15) is 0 Å². The summed E-state index contributed by atoms with van der Waals surface area (Å²) in [5, 5.41) is 5.09. The maximum absolute atomic E-state index is 11.9. The molecule has 0 aromatic carbocycles. The molecule has 1 aromatic heterocycles. The lowest BCUT2D eigenvalue weighted by Gasteiger charge is -2.22. The molecule has 0 aliphatic heterocycles. The summed E-state index contributed by atoms with van der Waals surface area (Å²) in [6, 6.07) is 3.19. The Hall–Kier alpha value is -1.82. The number of carbonyl (C=O) groups is 2. The second kappa shape index (κ2) is 6.09. The van der Waals surface area contributed by atoms with E-state index in [0.717, 1.165) is 24.4 Å². The molecule has 20 heavy (non-hydrogen) atoms. The van der Waals surface area contributed by atoms with E-state index in [0.29, 0.717) is 6.54 Å². The van der Waals surface area contributed by atoms with Gasteiger partial charge >= 0.3 is 6.03 Å². The Morgan fingerprint density at radius 3 is 2.70 bits per heavy atom. The molecule has 1 aliphatic carbocycles. The number of nitrogens with zero attached hydrogens (tertiary/aromatic N) is 1. The minimum atomic E-state index is -0.412. The van der Waals surface area contributed by atoms with Gasteiger partial charge in [-0.15, -0.1) is 0 Å². The van der Waals surface area contributed by atoms with E-state index in [1.165, 1.54) is 0 Å². The quantitative estimate of drug-likeness (QED) is 0.854. The van der Waals surface area contributed by atoms with E-state index in [2.05, 4.69) is 10.6 Å². The van der Waals surface area contributed by atoms with Crippen molar-refractivity contribution in [1.29, 1.82) is 0 Å². The molecule has 1 fully saturated rings. The van der Waals surface area contributed by atoms with Crippen molar-refractivity contribution in [1.82, 2.24) is 15.5 Å². The fourth-order valence-corrected chi connectivity index (χ4v) is 1.82. The van der Waals surface area contributed by atoms with Crippen molar-refractivity contribution in [3.05, 3.63) is 23.7 Å². The lowest BCUT2D eigenvalue weighted by atomic mass is 10.2. The highest BCUT2D eigenvalue weighted by molar-refractivity contribution is 5.96. The Morgan fingerprint density at radius 2 is 2.15 bits per heavy atom. The van der Waals surface area contributed by atoms with Crippen molar-refractivity contribution < 1.29 is 14.0 Å². The minimum Gasteiger partial charge on any atom is -0.465 e. The first-order valence-corrected chi connectivity index (χ1v) is 6.82. The number of urea groups is 1. The van der Waals surface area contributed by atoms with E-state index in [4.69, 9.17) is 4.42 Å². The predicted molar refractivity (Wildman–Crippen MR) is 74.1 cm³/mol. The smallest absolute Gasteiger partial charge is 0.321 e. The lowest BCUT2D eigenvalue weighted by molar-refractivity contribution is -0.124. The molecule has 1 atom stereocenters. The molecule has 0 saturated heterocycles. The van der Waals surface area contributed by atoms with E-state index in [1.807, 2.05) is 31.0 Å². The molecule has 0 radical (unpaired) electrons. The third-order valence-corrected chi connectivity index (χ3v) is 3.39. The van der Waals surface area contributed by atoms with Crippen LogP contribution in [-0.2, 0) is 11.3 Å². The van der Waals surface area contributed by atoms with Crippen LogP contribution in [0.5, 0.6) is 0 Å². The standard InChI is InChI=1S/C14H21N3O3/c1-9-4-7-12(20-9)8-17(3)10(2)13(18)16-14(19)15-11-5-6-11/h4,7,10-11H,5-6,8H2,1-3H3,(H2,15,16,18,19). The van der Waals surface area contributed by atoms with E-state index in [1.54, 1.807) is 6.92 Å². The molecule has 0 bridgehead atoms. The number of hydrogen-bond acceptors (Lipinski definition) is 4. The predicted octanol–water partition coefficient (Wildman–Crippen LogP) is 1.40. The topological polar surface area (TPSA) is 74.6 Å². The fourth-order valence-electron chi connectivity index (χ4n) is 1.82. The van der Waals surface area contributed by atoms with E-state index >= 15 is 0 Å². The van der Waals surface area contributed by atoms with Gasteiger partial charge in [-0.25, -0.2) is 4.79 Å². The molecule has 6 nitrogen and oxygen atoms in total. The Labute approximate surface area is 118 Å². The molecular weight excluding hydrogens is 258 g/mol. The van der Waals surface area contributed by atoms with Gasteiger partial charge in [0.25, 0.3) is 0 Å². The average molecular weight is 279 g/mol. The zero-order chi connectivity index (χ0) is 14.7. The highest BCUT2D eigenvalue weighted by Gasteiger charge is 2.26. The van der Waals surface area contributed by atoms with Gasteiger partial charge in [-0.1, -0.05) is 0 Å². The number of hydrogen-bond donors (Lipinski definition) is 2. The van der Waals surface area contributed by atoms with Crippen LogP contribution in [0.1, 0.15) is 31.3 Å². The van der Waals surface area contributed by atoms with Gasteiger partial charge < -0.3 is 9.73 Å². The maximum Gasteiger partial charge on any atom is 0.321 e. The van der Waals surface area contributed by atoms with Gasteiger partial charge in [-0.05, 0) is 45.9 Å². The molecule has 2 N–H and O–H groups in total. The number of nitrogens with one attached hydrogen (secondary N) is 2. The Bertz CT molecular complexity index is 494. The number of carbonyl (C=O) groups excluding carboxylic acids is 2. The zero-order valence-corrected chi connectivity index (χ0v) is 12.1. The summed E-state index contributed by atoms with van der Waals surface area (Å²) >= 11 is 0. The third kappa shape index (κ3) is 4.09. The molecule has 1 heterocycles. The average Bonchev–Trinajstić information content (AvgIpc) is 3.09. The summed E-state index contributed by atoms with van der Waals surface area (Å²) in [4.78, 5) is 25.3. The highest BCUT2D eigenvalue weighted by Crippen LogP contribution is 2.18. The first kappa shape index (κ1) is 14.6. The first-order chi connectivity index (χ1) is 9.45. The summed E-state index contributed by atoms with van der Waals surface area (Å²) in [5.41, 5.74) is 0. The number of rotatable bonds is 5. The zero-order valence-electron chi connectivity index (χ0n) is 12.1. The summed E-state index contributed by atoms with van der Waals surface area (Å²) in [6.45, 7) is 4.16. The van der Waals surface area contributed by atoms with Crippen LogP contribution in [0.4, 0.5) is 4.79 Å². The molecule has 1 aromatic rings. The van der Waals surface area contributed by atoms with Crippen molar-refractivity contribution in [3.8, 4) is 0 Å². The Balaban J connectivity index is 1.80. The van der Waals surface area contributed by atoms with Gasteiger partial charge in [0.15, 0.2) is 0 Å². The summed E-state index contributed by atoms with van der Waals surface area (Å²) in [5.74, 6) is 1.33. The molecule has 1 unspecified atom stereocenters. The van der Waals surface area contributed by atoms with Crippen LogP contribution in [0.15, 0.2) is 16.5 Å². The van der Waals surface area contributed by atoms with Crippen LogP contribution in [0, 0.1) is 6.92 Å². The van der Waals surface area contributed by atoms with Crippen LogP contribution in [0.2, 0.25) is 0 Å². The van der Waals surface area contributed by atoms with Crippen molar-refractivity contribution in [2.75, 3.05) is 7.05 Å². The molecule has 110 valence electrons. The van der Waals surface area contributed by atoms with Crippen LogP contribution in [0.25, 0.3) is 0 Å². The second-order valence-electron chi connectivity index (χ2n) is 5.34. The van der Waals surface area contributed by atoms with Gasteiger partial charge in [-0.3, -0.25) is 15.0 Å². The SMILES string of the molecule is Cc1ccc(CN(C)C(C)C(=O)NC(=O)NC2CC2)o1. The lowest BCUT2D eigenvalue weighted by Crippen LogP contribution is -2.48. The van der Waals surface area contributed by atoms with Gasteiger partial charge in [0.1, 0.15) is 11.5 Å². The number of imide groups is 1. The van der Waals surface area contributed by atoms with Gasteiger partial charge in [0.05, 0.1) is 12.6 Å². The van der Waals surface area contributed by atoms with Crippen LogP contribution in [-0.4, -0.2) is 36.0 Å². The van der Waals surface area contributed by atoms with Crippen molar-refractivity contribution in [2.24, 2.45) is 0 Å². The molecule has 2 rings (SSSR count). The normalized spacial score (nSPS) is 16.0. The van der Waals surface area contributed by atoms with Crippen molar-refractivity contribution in [3.63, 3.8) is 0 Å². The van der Waals surface area contributed by atoms with E-state index in [9.17, 15) is 9.59 Å². The summed E-state index contributed by atoms with van der Waals surface area (Å²) in [6.07, 6.45) is 1.99. The van der Waals surface area contributed by atoms with Crippen LogP contribution < -0.4 is 10.6 Å². The van der Waals surface area contributed by atoms with Crippen LogP contribution in [0.3, 0.4) is 0 Å². The monoisotopic (exact) mass is 279 g/mol.